The highest BCUT2D eigenvalue weighted by atomic mass is 16.1. The summed E-state index contributed by atoms with van der Waals surface area (Å²) in [5.74, 6) is 0.727. The van der Waals surface area contributed by atoms with Crippen LogP contribution in [0.5, 0.6) is 0 Å². The Morgan fingerprint density at radius 3 is 2.89 bits per heavy atom. The Bertz CT molecular complexity index is 379. The van der Waals surface area contributed by atoms with Crippen LogP contribution in [0.25, 0.3) is 0 Å². The van der Waals surface area contributed by atoms with Gasteiger partial charge in [-0.2, -0.15) is 0 Å². The zero-order valence-electron chi connectivity index (χ0n) is 11.5. The van der Waals surface area contributed by atoms with E-state index in [-0.39, 0.29) is 11.9 Å². The lowest BCUT2D eigenvalue weighted by Crippen LogP contribution is -2.31. The number of pyridine rings is 1. The summed E-state index contributed by atoms with van der Waals surface area (Å²) in [6, 6.07) is 3.73. The number of amides is 1. The molecule has 0 aliphatic heterocycles. The number of carbonyl (C=O) groups excluding carboxylic acids is 1. The largest absolute Gasteiger partial charge is 0.370 e. The highest BCUT2D eigenvalue weighted by Gasteiger charge is 2.09. The van der Waals surface area contributed by atoms with E-state index in [0.29, 0.717) is 5.56 Å². The fourth-order valence-electron chi connectivity index (χ4n) is 1.47. The molecule has 0 spiro atoms. The predicted octanol–water partition coefficient (Wildman–Crippen LogP) is 2.82. The van der Waals surface area contributed by atoms with Gasteiger partial charge in [-0.15, -0.1) is 0 Å². The van der Waals surface area contributed by atoms with Gasteiger partial charge in [-0.3, -0.25) is 4.79 Å². The van der Waals surface area contributed by atoms with Crippen molar-refractivity contribution in [3.63, 3.8) is 0 Å². The molecule has 18 heavy (non-hydrogen) atoms. The van der Waals surface area contributed by atoms with Crippen LogP contribution in [0.2, 0.25) is 0 Å². The predicted molar refractivity (Wildman–Crippen MR) is 74.9 cm³/mol. The topological polar surface area (TPSA) is 54.0 Å². The van der Waals surface area contributed by atoms with Gasteiger partial charge in [0.15, 0.2) is 0 Å². The molecule has 0 radical (unpaired) electrons. The van der Waals surface area contributed by atoms with Crippen molar-refractivity contribution in [1.29, 1.82) is 0 Å². The highest BCUT2D eigenvalue weighted by Crippen LogP contribution is 2.07. The average molecular weight is 249 g/mol. The number of rotatable bonds is 7. The molecule has 0 saturated carbocycles. The molecule has 0 saturated heterocycles. The molecule has 1 aromatic rings. The second-order valence-electron chi connectivity index (χ2n) is 4.49. The molecular weight excluding hydrogens is 226 g/mol. The van der Waals surface area contributed by atoms with Crippen LogP contribution in [0.15, 0.2) is 18.3 Å². The molecule has 2 N–H and O–H groups in total. The summed E-state index contributed by atoms with van der Waals surface area (Å²) in [6.45, 7) is 7.08. The summed E-state index contributed by atoms with van der Waals surface area (Å²) in [7, 11) is 0. The fourth-order valence-corrected chi connectivity index (χ4v) is 1.47. The van der Waals surface area contributed by atoms with Gasteiger partial charge in [0.25, 0.3) is 5.91 Å². The summed E-state index contributed by atoms with van der Waals surface area (Å²) < 4.78 is 0. The number of nitrogens with zero attached hydrogens (tertiary/aromatic N) is 1. The molecule has 4 nitrogen and oxygen atoms in total. The van der Waals surface area contributed by atoms with Crippen molar-refractivity contribution in [2.45, 2.75) is 46.1 Å². The fraction of sp³-hybridized carbons (Fsp3) is 0.571. The Hall–Kier alpha value is -1.58. The van der Waals surface area contributed by atoms with Crippen molar-refractivity contribution in [2.75, 3.05) is 11.9 Å². The lowest BCUT2D eigenvalue weighted by molar-refractivity contribution is 0.0939. The van der Waals surface area contributed by atoms with E-state index in [2.05, 4.69) is 29.5 Å². The molecule has 0 aliphatic carbocycles. The SMILES string of the molecule is CCCCNc1cc(C(=O)NC(C)CC)ccn1. The maximum Gasteiger partial charge on any atom is 0.251 e. The van der Waals surface area contributed by atoms with E-state index < -0.39 is 0 Å². The molecule has 1 atom stereocenters. The van der Waals surface area contributed by atoms with Crippen molar-refractivity contribution in [2.24, 2.45) is 0 Å². The first-order valence-electron chi connectivity index (χ1n) is 6.68. The first-order chi connectivity index (χ1) is 8.67. The molecule has 1 aromatic heterocycles. The maximum absolute atomic E-state index is 11.9. The normalized spacial score (nSPS) is 11.9. The minimum absolute atomic E-state index is 0.0368. The van der Waals surface area contributed by atoms with Crippen LogP contribution in [0, 0.1) is 0 Å². The van der Waals surface area contributed by atoms with Crippen LogP contribution in [0.3, 0.4) is 0 Å². The van der Waals surface area contributed by atoms with E-state index in [4.69, 9.17) is 0 Å². The smallest absolute Gasteiger partial charge is 0.251 e. The van der Waals surface area contributed by atoms with Crippen molar-refractivity contribution >= 4 is 11.7 Å². The number of aromatic nitrogens is 1. The minimum Gasteiger partial charge on any atom is -0.370 e. The van der Waals surface area contributed by atoms with Crippen LogP contribution in [-0.2, 0) is 0 Å². The van der Waals surface area contributed by atoms with Gasteiger partial charge in [-0.25, -0.2) is 4.98 Å². The molecule has 0 bridgehead atoms. The quantitative estimate of drug-likeness (QED) is 0.731. The number of nitrogens with one attached hydrogen (secondary N) is 2. The van der Waals surface area contributed by atoms with Gasteiger partial charge in [-0.05, 0) is 31.9 Å². The number of carbonyl (C=O) groups is 1. The molecule has 1 rings (SSSR count). The highest BCUT2D eigenvalue weighted by molar-refractivity contribution is 5.94. The molecule has 1 heterocycles. The Kier molecular flexibility index (Phi) is 6.19. The molecule has 0 aromatic carbocycles. The van der Waals surface area contributed by atoms with Gasteiger partial charge in [0.2, 0.25) is 0 Å². The summed E-state index contributed by atoms with van der Waals surface area (Å²) in [5, 5.41) is 6.16. The summed E-state index contributed by atoms with van der Waals surface area (Å²) in [4.78, 5) is 16.1. The van der Waals surface area contributed by atoms with Gasteiger partial charge in [0.05, 0.1) is 0 Å². The first kappa shape index (κ1) is 14.5. The third kappa shape index (κ3) is 4.73. The molecule has 4 heteroatoms. The van der Waals surface area contributed by atoms with E-state index in [0.717, 1.165) is 31.6 Å². The van der Waals surface area contributed by atoms with Crippen LogP contribution in [0.1, 0.15) is 50.4 Å². The lowest BCUT2D eigenvalue weighted by Gasteiger charge is -2.12. The number of anilines is 1. The van der Waals surface area contributed by atoms with E-state index >= 15 is 0 Å². The van der Waals surface area contributed by atoms with E-state index in [9.17, 15) is 4.79 Å². The molecule has 100 valence electrons. The van der Waals surface area contributed by atoms with Crippen molar-refractivity contribution < 1.29 is 4.79 Å². The van der Waals surface area contributed by atoms with Crippen LogP contribution in [-0.4, -0.2) is 23.5 Å². The average Bonchev–Trinajstić information content (AvgIpc) is 2.39. The zero-order valence-corrected chi connectivity index (χ0v) is 11.5. The molecule has 0 fully saturated rings. The third-order valence-corrected chi connectivity index (χ3v) is 2.85. The second-order valence-corrected chi connectivity index (χ2v) is 4.49. The Morgan fingerprint density at radius 1 is 1.44 bits per heavy atom. The Morgan fingerprint density at radius 2 is 2.22 bits per heavy atom. The Labute approximate surface area is 109 Å². The maximum atomic E-state index is 11.9. The number of hydrogen-bond acceptors (Lipinski definition) is 3. The summed E-state index contributed by atoms with van der Waals surface area (Å²) in [6.07, 6.45) is 4.84. The minimum atomic E-state index is -0.0368. The van der Waals surface area contributed by atoms with E-state index in [1.165, 1.54) is 0 Å². The Balaban J connectivity index is 2.60. The van der Waals surface area contributed by atoms with Crippen molar-refractivity contribution in [3.8, 4) is 0 Å². The third-order valence-electron chi connectivity index (χ3n) is 2.85. The van der Waals surface area contributed by atoms with Crippen molar-refractivity contribution in [3.05, 3.63) is 23.9 Å². The van der Waals surface area contributed by atoms with Gasteiger partial charge < -0.3 is 10.6 Å². The number of hydrogen-bond donors (Lipinski definition) is 2. The molecular formula is C14H23N3O. The van der Waals surface area contributed by atoms with Gasteiger partial charge in [0, 0.05) is 24.3 Å². The molecule has 0 aliphatic rings. The van der Waals surface area contributed by atoms with Gasteiger partial charge in [-0.1, -0.05) is 20.3 Å². The lowest BCUT2D eigenvalue weighted by atomic mass is 10.2. The molecule has 1 amide bonds. The molecule has 1 unspecified atom stereocenters. The van der Waals surface area contributed by atoms with Crippen LogP contribution in [0.4, 0.5) is 5.82 Å². The summed E-state index contributed by atoms with van der Waals surface area (Å²) >= 11 is 0. The summed E-state index contributed by atoms with van der Waals surface area (Å²) in [5.41, 5.74) is 0.657. The van der Waals surface area contributed by atoms with E-state index in [1.807, 2.05) is 6.92 Å². The first-order valence-corrected chi connectivity index (χ1v) is 6.68. The van der Waals surface area contributed by atoms with E-state index in [1.54, 1.807) is 18.3 Å². The standard InChI is InChI=1S/C14H23N3O/c1-4-6-8-15-13-10-12(7-9-16-13)14(18)17-11(3)5-2/h7,9-11H,4-6,8H2,1-3H3,(H,15,16)(H,17,18). The van der Waals surface area contributed by atoms with Crippen molar-refractivity contribution in [1.82, 2.24) is 10.3 Å². The number of unbranched alkanes of at least 4 members (excludes halogenated alkanes) is 1. The van der Waals surface area contributed by atoms with Crippen LogP contribution < -0.4 is 10.6 Å². The van der Waals surface area contributed by atoms with Gasteiger partial charge in [0.1, 0.15) is 5.82 Å². The van der Waals surface area contributed by atoms with Gasteiger partial charge >= 0.3 is 0 Å². The second kappa shape index (κ2) is 7.69. The monoisotopic (exact) mass is 249 g/mol. The zero-order chi connectivity index (χ0) is 13.4. The van der Waals surface area contributed by atoms with Crippen LogP contribution >= 0.6 is 0 Å².